The molecule has 2 aliphatic heterocycles. The van der Waals surface area contributed by atoms with Crippen LogP contribution in [0.4, 0.5) is 42.9 Å². The summed E-state index contributed by atoms with van der Waals surface area (Å²) in [4.78, 5) is 4.52. The molecule has 7 aromatic rings. The molecule has 1 fully saturated rings. The van der Waals surface area contributed by atoms with Crippen molar-refractivity contribution in [3.8, 4) is 45.3 Å². The van der Waals surface area contributed by atoms with Gasteiger partial charge in [0.05, 0.1) is 34.1 Å². The zero-order valence-electron chi connectivity index (χ0n) is 29.5. The fraction of sp³-hybridized carbons (Fsp3) is 0.125. The van der Waals surface area contributed by atoms with E-state index in [1.807, 2.05) is 84.9 Å². The number of anilines is 6. The molecule has 0 N–H and O–H groups in total. The van der Waals surface area contributed by atoms with Gasteiger partial charge in [-0.25, -0.2) is 8.78 Å². The zero-order chi connectivity index (χ0) is 36.2. The van der Waals surface area contributed by atoms with Crippen molar-refractivity contribution in [1.82, 2.24) is 0 Å². The highest BCUT2D eigenvalue weighted by Crippen LogP contribution is 2.60. The van der Waals surface area contributed by atoms with Crippen LogP contribution in [0.15, 0.2) is 152 Å². The van der Waals surface area contributed by atoms with Crippen molar-refractivity contribution in [2.75, 3.05) is 9.80 Å². The molecule has 10 rings (SSSR count). The van der Waals surface area contributed by atoms with Gasteiger partial charge >= 0.3 is 0 Å². The minimum Gasteiger partial charge on any atom is -0.453 e. The van der Waals surface area contributed by atoms with Crippen molar-refractivity contribution in [2.45, 2.75) is 38.0 Å². The van der Waals surface area contributed by atoms with Crippen molar-refractivity contribution >= 4 is 34.1 Å². The monoisotopic (exact) mass is 710 g/mol. The van der Waals surface area contributed by atoms with Gasteiger partial charge in [-0.3, -0.25) is 0 Å². The molecule has 1 saturated carbocycles. The lowest BCUT2D eigenvalue weighted by Crippen LogP contribution is -2.22. The van der Waals surface area contributed by atoms with Crippen molar-refractivity contribution in [3.63, 3.8) is 0 Å². The van der Waals surface area contributed by atoms with Crippen LogP contribution < -0.4 is 19.3 Å². The number of para-hydroxylation sites is 8. The second-order valence-electron chi connectivity index (χ2n) is 14.2. The van der Waals surface area contributed by atoms with Gasteiger partial charge in [-0.1, -0.05) is 92.1 Å². The van der Waals surface area contributed by atoms with E-state index in [0.717, 1.165) is 117 Å². The third-order valence-electron chi connectivity index (χ3n) is 10.9. The maximum absolute atomic E-state index is 15.6. The van der Waals surface area contributed by atoms with E-state index in [2.05, 4.69) is 40.1 Å². The predicted molar refractivity (Wildman–Crippen MR) is 213 cm³/mol. The van der Waals surface area contributed by atoms with Gasteiger partial charge < -0.3 is 19.3 Å². The van der Waals surface area contributed by atoms with Crippen LogP contribution in [-0.2, 0) is 0 Å². The molecule has 264 valence electrons. The Kier molecular flexibility index (Phi) is 7.90. The fourth-order valence-corrected chi connectivity index (χ4v) is 8.65. The van der Waals surface area contributed by atoms with E-state index in [9.17, 15) is 0 Å². The number of hydrogen-bond acceptors (Lipinski definition) is 4. The number of benzene rings is 7. The Morgan fingerprint density at radius 2 is 0.796 bits per heavy atom. The van der Waals surface area contributed by atoms with E-state index in [1.54, 1.807) is 24.3 Å². The number of halogens is 2. The third-order valence-corrected chi connectivity index (χ3v) is 10.9. The van der Waals surface area contributed by atoms with E-state index in [1.165, 1.54) is 12.1 Å². The molecule has 1 aliphatic carbocycles. The van der Waals surface area contributed by atoms with Crippen molar-refractivity contribution < 1.29 is 18.3 Å². The standard InChI is InChI=1S/C48H36F2N2O2/c49-34-18-12-16-32(28-34)46-40(51-36-20-4-8-24-42(36)53-43-25-9-5-21-37(43)51)30-41(52-38-22-6-10-26-44(38)54-45-27-11-7-23-39(45)52)47(33-17-13-19-35(50)29-33)48(46)31-14-2-1-3-15-31/h4-13,16-31H,1-3,14-15H2. The van der Waals surface area contributed by atoms with Crippen molar-refractivity contribution in [1.29, 1.82) is 0 Å². The fourth-order valence-electron chi connectivity index (χ4n) is 8.65. The highest BCUT2D eigenvalue weighted by molar-refractivity contribution is 6.04. The molecule has 6 heteroatoms. The molecule has 0 unspecified atom stereocenters. The molecule has 0 saturated heterocycles. The predicted octanol–water partition coefficient (Wildman–Crippen LogP) is 14.5. The van der Waals surface area contributed by atoms with Crippen LogP contribution in [0.25, 0.3) is 22.3 Å². The Labute approximate surface area is 313 Å². The largest absolute Gasteiger partial charge is 0.453 e. The lowest BCUT2D eigenvalue weighted by Gasteiger charge is -2.40. The highest BCUT2D eigenvalue weighted by atomic mass is 19.1. The first-order chi connectivity index (χ1) is 26.6. The molecule has 0 bridgehead atoms. The van der Waals surface area contributed by atoms with Crippen LogP contribution in [-0.4, -0.2) is 0 Å². The van der Waals surface area contributed by atoms with E-state index in [4.69, 9.17) is 9.47 Å². The third kappa shape index (κ3) is 5.40. The number of fused-ring (bicyclic) bond motifs is 4. The Morgan fingerprint density at radius 1 is 0.407 bits per heavy atom. The summed E-state index contributed by atoms with van der Waals surface area (Å²) >= 11 is 0. The second kappa shape index (κ2) is 13.2. The Morgan fingerprint density at radius 3 is 1.19 bits per heavy atom. The lowest BCUT2D eigenvalue weighted by atomic mass is 9.75. The Bertz CT molecular complexity index is 2300. The molecule has 0 radical (unpaired) electrons. The number of ether oxygens (including phenoxy) is 2. The Hall–Kier alpha value is -6.40. The molecular weight excluding hydrogens is 675 g/mol. The summed E-state index contributed by atoms with van der Waals surface area (Å²) in [6, 6.07) is 48.2. The summed E-state index contributed by atoms with van der Waals surface area (Å²) in [5, 5.41) is 0. The first-order valence-electron chi connectivity index (χ1n) is 18.7. The minimum absolute atomic E-state index is 0.118. The molecule has 0 aromatic heterocycles. The van der Waals surface area contributed by atoms with E-state index >= 15 is 8.78 Å². The van der Waals surface area contributed by atoms with Gasteiger partial charge in [0.1, 0.15) is 11.6 Å². The molecule has 4 nitrogen and oxygen atoms in total. The molecule has 3 aliphatic rings. The summed E-state index contributed by atoms with van der Waals surface area (Å²) in [5.74, 6) is 2.37. The second-order valence-corrected chi connectivity index (χ2v) is 14.2. The van der Waals surface area contributed by atoms with Crippen molar-refractivity contribution in [2.24, 2.45) is 0 Å². The maximum atomic E-state index is 15.6. The summed E-state index contributed by atoms with van der Waals surface area (Å²) in [6.07, 6.45) is 5.21. The van der Waals surface area contributed by atoms with Gasteiger partial charge in [0, 0.05) is 11.1 Å². The first kappa shape index (κ1) is 32.3. The van der Waals surface area contributed by atoms with Gasteiger partial charge in [0.2, 0.25) is 0 Å². The molecule has 7 aromatic carbocycles. The van der Waals surface area contributed by atoms with Gasteiger partial charge in [-0.15, -0.1) is 0 Å². The highest BCUT2D eigenvalue weighted by Gasteiger charge is 2.36. The summed E-state index contributed by atoms with van der Waals surface area (Å²) in [6.45, 7) is 0. The van der Waals surface area contributed by atoms with Gasteiger partial charge in [-0.05, 0) is 114 Å². The molecule has 0 spiro atoms. The molecule has 54 heavy (non-hydrogen) atoms. The van der Waals surface area contributed by atoms with E-state index in [0.29, 0.717) is 0 Å². The van der Waals surface area contributed by atoms with Crippen LogP contribution in [0.1, 0.15) is 43.6 Å². The van der Waals surface area contributed by atoms with Crippen molar-refractivity contribution in [3.05, 3.63) is 169 Å². The normalized spacial score (nSPS) is 14.6. The SMILES string of the molecule is Fc1cccc(-c2c(N3c4ccccc4Oc4ccccc43)cc(N3c4ccccc4Oc4ccccc43)c(-c3cccc(F)c3)c2C2CCCCC2)c1. The topological polar surface area (TPSA) is 24.9 Å². The van der Waals surface area contributed by atoms with Gasteiger partial charge in [0.15, 0.2) is 23.0 Å². The minimum atomic E-state index is -0.316. The Balaban J connectivity index is 1.41. The van der Waals surface area contributed by atoms with E-state index < -0.39 is 0 Å². The van der Waals surface area contributed by atoms with Gasteiger partial charge in [-0.2, -0.15) is 0 Å². The smallest absolute Gasteiger partial charge is 0.151 e. The maximum Gasteiger partial charge on any atom is 0.151 e. The number of hydrogen-bond donors (Lipinski definition) is 0. The molecule has 0 amide bonds. The molecular formula is C48H36F2N2O2. The average Bonchev–Trinajstić information content (AvgIpc) is 3.21. The zero-order valence-corrected chi connectivity index (χ0v) is 29.5. The summed E-state index contributed by atoms with van der Waals surface area (Å²) < 4.78 is 44.1. The quantitative estimate of drug-likeness (QED) is 0.178. The van der Waals surface area contributed by atoms with Crippen LogP contribution in [0.5, 0.6) is 23.0 Å². The van der Waals surface area contributed by atoms with Crippen LogP contribution in [0.2, 0.25) is 0 Å². The molecule has 2 heterocycles. The first-order valence-corrected chi connectivity index (χ1v) is 18.7. The molecule has 0 atom stereocenters. The average molecular weight is 711 g/mol. The summed E-state index contributed by atoms with van der Waals surface area (Å²) in [5.41, 5.74) is 9.69. The number of nitrogens with zero attached hydrogens (tertiary/aromatic N) is 2. The number of rotatable bonds is 5. The van der Waals surface area contributed by atoms with Crippen LogP contribution >= 0.6 is 0 Å². The lowest BCUT2D eigenvalue weighted by molar-refractivity contribution is 0.445. The van der Waals surface area contributed by atoms with Crippen LogP contribution in [0.3, 0.4) is 0 Å². The van der Waals surface area contributed by atoms with Gasteiger partial charge in [0.25, 0.3) is 0 Å². The van der Waals surface area contributed by atoms with Crippen LogP contribution in [0, 0.1) is 11.6 Å². The summed E-state index contributed by atoms with van der Waals surface area (Å²) in [7, 11) is 0. The van der Waals surface area contributed by atoms with E-state index in [-0.39, 0.29) is 17.6 Å².